The summed E-state index contributed by atoms with van der Waals surface area (Å²) in [6.07, 6.45) is -1.53. The molecule has 0 radical (unpaired) electrons. The Morgan fingerprint density at radius 3 is 2.92 bits per heavy atom. The standard InChI is InChI=1S/C7H9NO5/c1-3-4-5(13-8(3)10)6(9)12-7(4)11-2/h4-5,7H,1-2H3/t4-,5+,7?/m1/s1. The third-order valence-corrected chi connectivity index (χ3v) is 2.30. The fraction of sp³-hybridized carbons (Fsp3) is 0.714. The topological polar surface area (TPSA) is 70.8 Å². The fourth-order valence-electron chi connectivity index (χ4n) is 1.57. The highest BCUT2D eigenvalue weighted by Crippen LogP contribution is 2.31. The lowest BCUT2D eigenvalue weighted by Gasteiger charge is -2.09. The molecule has 1 unspecified atom stereocenters. The molecular weight excluding hydrogens is 178 g/mol. The van der Waals surface area contributed by atoms with Crippen LogP contribution in [0, 0.1) is 11.1 Å². The van der Waals surface area contributed by atoms with E-state index in [2.05, 4.69) is 0 Å². The van der Waals surface area contributed by atoms with E-state index in [1.54, 1.807) is 6.92 Å². The maximum atomic E-state index is 11.1. The molecule has 0 N–H and O–H groups in total. The number of ether oxygens (including phenoxy) is 2. The Morgan fingerprint density at radius 1 is 1.62 bits per heavy atom. The van der Waals surface area contributed by atoms with E-state index in [0.29, 0.717) is 10.6 Å². The summed E-state index contributed by atoms with van der Waals surface area (Å²) in [6.45, 7) is 1.59. The lowest BCUT2D eigenvalue weighted by atomic mass is 10.0. The van der Waals surface area contributed by atoms with Crippen molar-refractivity contribution >= 4 is 11.7 Å². The zero-order valence-corrected chi connectivity index (χ0v) is 7.22. The molecule has 6 heteroatoms. The van der Waals surface area contributed by atoms with Crippen molar-refractivity contribution < 1.29 is 24.0 Å². The predicted octanol–water partition coefficient (Wildman–Crippen LogP) is -0.583. The van der Waals surface area contributed by atoms with E-state index in [1.165, 1.54) is 7.11 Å². The second-order valence-corrected chi connectivity index (χ2v) is 2.99. The van der Waals surface area contributed by atoms with Crippen LogP contribution in [0.1, 0.15) is 6.92 Å². The van der Waals surface area contributed by atoms with Gasteiger partial charge in [0.1, 0.15) is 5.92 Å². The number of carbonyl (C=O) groups excluding carboxylic acids is 1. The summed E-state index contributed by atoms with van der Waals surface area (Å²) in [6, 6.07) is 0. The minimum atomic E-state index is -0.831. The van der Waals surface area contributed by atoms with E-state index in [1.807, 2.05) is 0 Å². The van der Waals surface area contributed by atoms with E-state index >= 15 is 0 Å². The van der Waals surface area contributed by atoms with E-state index in [9.17, 15) is 10.0 Å². The highest BCUT2D eigenvalue weighted by atomic mass is 16.9. The van der Waals surface area contributed by atoms with E-state index in [4.69, 9.17) is 14.3 Å². The maximum absolute atomic E-state index is 11.1. The number of hydrogen-bond donors (Lipinski definition) is 0. The van der Waals surface area contributed by atoms with Gasteiger partial charge in [0.05, 0.1) is 0 Å². The van der Waals surface area contributed by atoms with Crippen LogP contribution in [0.25, 0.3) is 0 Å². The largest absolute Gasteiger partial charge is 0.434 e. The Balaban J connectivity index is 2.29. The number of hydrogen-bond acceptors (Lipinski definition) is 5. The van der Waals surface area contributed by atoms with Crippen molar-refractivity contribution in [3.63, 3.8) is 0 Å². The summed E-state index contributed by atoms with van der Waals surface area (Å²) in [7, 11) is 1.42. The summed E-state index contributed by atoms with van der Waals surface area (Å²) in [5.74, 6) is -0.954. The first-order chi connectivity index (χ1) is 6.15. The SMILES string of the molecule is COC1OC(=O)[C@H]2O[N+]([O-])=C(C)[C@@H]12. The molecule has 0 aromatic heterocycles. The second-order valence-electron chi connectivity index (χ2n) is 2.99. The van der Waals surface area contributed by atoms with E-state index < -0.39 is 24.3 Å². The molecule has 0 aromatic carbocycles. The first kappa shape index (κ1) is 8.31. The highest BCUT2D eigenvalue weighted by Gasteiger charge is 2.54. The van der Waals surface area contributed by atoms with Crippen LogP contribution in [0.15, 0.2) is 0 Å². The van der Waals surface area contributed by atoms with Crippen molar-refractivity contribution in [2.24, 2.45) is 5.92 Å². The first-order valence-corrected chi connectivity index (χ1v) is 3.86. The zero-order valence-electron chi connectivity index (χ0n) is 7.22. The fourth-order valence-corrected chi connectivity index (χ4v) is 1.57. The molecule has 2 aliphatic heterocycles. The van der Waals surface area contributed by atoms with Crippen molar-refractivity contribution in [1.29, 1.82) is 0 Å². The Bertz CT molecular complexity index is 287. The molecule has 0 bridgehead atoms. The van der Waals surface area contributed by atoms with Crippen LogP contribution >= 0.6 is 0 Å². The van der Waals surface area contributed by atoms with E-state index in [0.717, 1.165) is 0 Å². The lowest BCUT2D eigenvalue weighted by Crippen LogP contribution is -2.28. The molecule has 0 aliphatic carbocycles. The van der Waals surface area contributed by atoms with Gasteiger partial charge < -0.3 is 14.3 Å². The summed E-state index contributed by atoms with van der Waals surface area (Å²) in [5.41, 5.74) is 0.405. The minimum Gasteiger partial charge on any atom is -0.434 e. The highest BCUT2D eigenvalue weighted by molar-refractivity contribution is 5.91. The van der Waals surface area contributed by atoms with Gasteiger partial charge in [-0.15, -0.1) is 0 Å². The average molecular weight is 187 g/mol. The maximum Gasteiger partial charge on any atom is 0.328 e. The van der Waals surface area contributed by atoms with Crippen molar-refractivity contribution in [1.82, 2.24) is 0 Å². The van der Waals surface area contributed by atoms with Crippen LogP contribution in [0.2, 0.25) is 0 Å². The molecule has 0 spiro atoms. The van der Waals surface area contributed by atoms with Gasteiger partial charge >= 0.3 is 5.97 Å². The van der Waals surface area contributed by atoms with Crippen molar-refractivity contribution in [3.05, 3.63) is 5.21 Å². The van der Waals surface area contributed by atoms with Crippen LogP contribution in [0.5, 0.6) is 0 Å². The molecule has 13 heavy (non-hydrogen) atoms. The first-order valence-electron chi connectivity index (χ1n) is 3.86. The zero-order chi connectivity index (χ0) is 9.59. The molecule has 6 nitrogen and oxygen atoms in total. The van der Waals surface area contributed by atoms with Gasteiger partial charge in [0.2, 0.25) is 12.0 Å². The predicted molar refractivity (Wildman–Crippen MR) is 39.6 cm³/mol. The molecule has 1 fully saturated rings. The average Bonchev–Trinajstić information content (AvgIpc) is 2.55. The molecule has 0 saturated carbocycles. The van der Waals surface area contributed by atoms with Gasteiger partial charge in [-0.2, -0.15) is 0 Å². The van der Waals surface area contributed by atoms with Crippen LogP contribution in [-0.4, -0.2) is 36.1 Å². The summed E-state index contributed by atoms with van der Waals surface area (Å²) < 4.78 is 9.73. The Kier molecular flexibility index (Phi) is 1.66. The molecule has 0 amide bonds. The van der Waals surface area contributed by atoms with E-state index in [-0.39, 0.29) is 0 Å². The van der Waals surface area contributed by atoms with Crippen molar-refractivity contribution in [2.75, 3.05) is 7.11 Å². The molecule has 0 aromatic rings. The quantitative estimate of drug-likeness (QED) is 0.405. The number of fused-ring (bicyclic) bond motifs is 1. The van der Waals surface area contributed by atoms with Crippen molar-refractivity contribution in [3.8, 4) is 0 Å². The monoisotopic (exact) mass is 187 g/mol. The van der Waals surface area contributed by atoms with Gasteiger partial charge in [-0.3, -0.25) is 10.0 Å². The number of methoxy groups -OCH3 is 1. The number of carbonyl (C=O) groups is 1. The van der Waals surface area contributed by atoms with Crippen LogP contribution in [0.4, 0.5) is 0 Å². The summed E-state index contributed by atoms with van der Waals surface area (Å²) in [4.78, 5) is 16.2. The number of rotatable bonds is 1. The van der Waals surface area contributed by atoms with Crippen molar-refractivity contribution in [2.45, 2.75) is 19.3 Å². The lowest BCUT2D eigenvalue weighted by molar-refractivity contribution is -0.737. The molecule has 2 rings (SSSR count). The third kappa shape index (κ3) is 0.983. The minimum absolute atomic E-state index is 0.349. The number of nitrogens with zero attached hydrogens (tertiary/aromatic N) is 1. The molecule has 72 valence electrons. The molecular formula is C7H9NO5. The van der Waals surface area contributed by atoms with Gasteiger partial charge in [-0.05, 0) is 0 Å². The van der Waals surface area contributed by atoms with Gasteiger partial charge in [0.15, 0.2) is 6.10 Å². The third-order valence-electron chi connectivity index (χ3n) is 2.30. The van der Waals surface area contributed by atoms with Crippen LogP contribution in [-0.2, 0) is 19.1 Å². The Labute approximate surface area is 74.2 Å². The van der Waals surface area contributed by atoms with Gasteiger partial charge in [-0.25, -0.2) is 0 Å². The number of esters is 1. The van der Waals surface area contributed by atoms with Crippen LogP contribution in [0.3, 0.4) is 0 Å². The second kappa shape index (κ2) is 2.59. The molecule has 3 atom stereocenters. The molecule has 2 heterocycles. The number of cyclic esters (lactones) is 1. The van der Waals surface area contributed by atoms with Gasteiger partial charge in [-0.1, -0.05) is 0 Å². The summed E-state index contributed by atoms with van der Waals surface area (Å²) >= 11 is 0. The van der Waals surface area contributed by atoms with Gasteiger partial charge in [0, 0.05) is 18.9 Å². The van der Waals surface area contributed by atoms with Gasteiger partial charge in [0.25, 0.3) is 0 Å². The summed E-state index contributed by atoms with van der Waals surface area (Å²) in [5, 5.41) is 11.0. The smallest absolute Gasteiger partial charge is 0.328 e. The van der Waals surface area contributed by atoms with Crippen LogP contribution < -0.4 is 0 Å². The Hall–Kier alpha value is -1.30. The molecule has 1 saturated heterocycles. The normalized spacial score (nSPS) is 37.4. The molecule has 2 aliphatic rings. The Morgan fingerprint density at radius 2 is 2.31 bits per heavy atom.